The van der Waals surface area contributed by atoms with E-state index in [9.17, 15) is 4.79 Å². The Morgan fingerprint density at radius 2 is 2.05 bits per heavy atom. The zero-order chi connectivity index (χ0) is 13.8. The monoisotopic (exact) mass is 259 g/mol. The van der Waals surface area contributed by atoms with E-state index < -0.39 is 0 Å². The number of rotatable bonds is 5. The van der Waals surface area contributed by atoms with Crippen LogP contribution in [-0.4, -0.2) is 18.2 Å². The van der Waals surface area contributed by atoms with Crippen molar-refractivity contribution in [2.45, 2.75) is 38.8 Å². The zero-order valence-electron chi connectivity index (χ0n) is 11.6. The predicted molar refractivity (Wildman–Crippen MR) is 75.9 cm³/mol. The molecule has 0 unspecified atom stereocenters. The number of carbonyl (C=O) groups is 1. The number of carbonyl (C=O) groups excluding carboxylic acids is 1. The second-order valence-corrected chi connectivity index (χ2v) is 5.40. The van der Waals surface area contributed by atoms with Gasteiger partial charge in [-0.1, -0.05) is 56.3 Å². The molecular weight excluding hydrogens is 238 g/mol. The molecule has 102 valence electrons. The van der Waals surface area contributed by atoms with Crippen LogP contribution in [0.4, 0.5) is 4.79 Å². The van der Waals surface area contributed by atoms with Crippen LogP contribution in [0.1, 0.15) is 25.8 Å². The first kappa shape index (κ1) is 13.7. The van der Waals surface area contributed by atoms with Crippen LogP contribution in [0, 0.1) is 5.92 Å². The number of alkyl carbamates (subject to hydrolysis) is 1. The Morgan fingerprint density at radius 3 is 2.68 bits per heavy atom. The number of cyclic esters (lactones) is 1. The minimum absolute atomic E-state index is 0.0328. The fourth-order valence-electron chi connectivity index (χ4n) is 2.23. The summed E-state index contributed by atoms with van der Waals surface area (Å²) >= 11 is 0. The minimum atomic E-state index is -0.317. The molecule has 1 aromatic carbocycles. The standard InChI is InChI=1S/C16H21NO2/c1-11(2)12(3)9-15-14(17-16(18)19-15)10-13-7-5-4-6-8-13/h4-8,11,14-15H,3,9-10H2,1-2H3,(H,17,18)/t14-,15-/m0/s1. The highest BCUT2D eigenvalue weighted by Crippen LogP contribution is 2.23. The van der Waals surface area contributed by atoms with Gasteiger partial charge in [0.05, 0.1) is 6.04 Å². The Bertz CT molecular complexity index is 453. The van der Waals surface area contributed by atoms with E-state index >= 15 is 0 Å². The average molecular weight is 259 g/mol. The van der Waals surface area contributed by atoms with E-state index in [1.165, 1.54) is 5.56 Å². The van der Waals surface area contributed by atoms with Gasteiger partial charge in [-0.25, -0.2) is 4.79 Å². The Hall–Kier alpha value is -1.77. The van der Waals surface area contributed by atoms with Crippen molar-refractivity contribution in [3.05, 3.63) is 48.0 Å². The van der Waals surface area contributed by atoms with E-state index in [0.29, 0.717) is 5.92 Å². The van der Waals surface area contributed by atoms with Crippen LogP contribution in [-0.2, 0) is 11.2 Å². The first-order valence-corrected chi connectivity index (χ1v) is 6.75. The number of ether oxygens (including phenoxy) is 1. The molecule has 3 heteroatoms. The second-order valence-electron chi connectivity index (χ2n) is 5.40. The SMILES string of the molecule is C=C(C[C@@H]1OC(=O)N[C@H]1Cc1ccccc1)C(C)C. The fourth-order valence-corrected chi connectivity index (χ4v) is 2.23. The molecule has 0 saturated carbocycles. The number of amides is 1. The number of benzene rings is 1. The summed E-state index contributed by atoms with van der Waals surface area (Å²) in [5, 5.41) is 2.89. The summed E-state index contributed by atoms with van der Waals surface area (Å²) in [5.74, 6) is 0.414. The average Bonchev–Trinajstić information content (AvgIpc) is 2.70. The molecule has 1 aromatic rings. The lowest BCUT2D eigenvalue weighted by Gasteiger charge is -2.19. The summed E-state index contributed by atoms with van der Waals surface area (Å²) in [4.78, 5) is 11.4. The van der Waals surface area contributed by atoms with Gasteiger partial charge in [0.15, 0.2) is 0 Å². The summed E-state index contributed by atoms with van der Waals surface area (Å²) < 4.78 is 5.36. The first-order chi connectivity index (χ1) is 9.06. The van der Waals surface area contributed by atoms with E-state index in [1.54, 1.807) is 0 Å². The predicted octanol–water partition coefficient (Wildman–Crippen LogP) is 3.31. The maximum absolute atomic E-state index is 11.4. The number of nitrogens with one attached hydrogen (secondary N) is 1. The second kappa shape index (κ2) is 5.91. The van der Waals surface area contributed by atoms with Gasteiger partial charge in [0.2, 0.25) is 0 Å². The van der Waals surface area contributed by atoms with Crippen LogP contribution in [0.25, 0.3) is 0 Å². The highest BCUT2D eigenvalue weighted by atomic mass is 16.6. The van der Waals surface area contributed by atoms with E-state index in [2.05, 4.69) is 37.9 Å². The molecule has 0 radical (unpaired) electrons. The molecular formula is C16H21NO2. The Morgan fingerprint density at radius 1 is 1.37 bits per heavy atom. The van der Waals surface area contributed by atoms with E-state index in [1.807, 2.05) is 18.2 Å². The van der Waals surface area contributed by atoms with Gasteiger partial charge in [-0.05, 0) is 17.9 Å². The molecule has 2 rings (SSSR count). The quantitative estimate of drug-likeness (QED) is 0.824. The van der Waals surface area contributed by atoms with Crippen molar-refractivity contribution in [3.63, 3.8) is 0 Å². The van der Waals surface area contributed by atoms with Crippen molar-refractivity contribution in [1.29, 1.82) is 0 Å². The van der Waals surface area contributed by atoms with Crippen LogP contribution < -0.4 is 5.32 Å². The van der Waals surface area contributed by atoms with E-state index in [-0.39, 0.29) is 18.2 Å². The molecule has 1 aliphatic rings. The third-order valence-corrected chi connectivity index (χ3v) is 3.59. The van der Waals surface area contributed by atoms with Crippen molar-refractivity contribution >= 4 is 6.09 Å². The molecule has 0 bridgehead atoms. The van der Waals surface area contributed by atoms with Crippen molar-refractivity contribution in [3.8, 4) is 0 Å². The normalized spacial score (nSPS) is 22.2. The fraction of sp³-hybridized carbons (Fsp3) is 0.438. The summed E-state index contributed by atoms with van der Waals surface area (Å²) in [6.07, 6.45) is 1.10. The van der Waals surface area contributed by atoms with Crippen LogP contribution >= 0.6 is 0 Å². The van der Waals surface area contributed by atoms with Crippen molar-refractivity contribution < 1.29 is 9.53 Å². The first-order valence-electron chi connectivity index (χ1n) is 6.75. The lowest BCUT2D eigenvalue weighted by atomic mass is 9.93. The maximum atomic E-state index is 11.4. The van der Waals surface area contributed by atoms with Gasteiger partial charge >= 0.3 is 6.09 Å². The molecule has 1 aliphatic heterocycles. The lowest BCUT2D eigenvalue weighted by molar-refractivity contribution is 0.130. The Balaban J connectivity index is 2.01. The molecule has 2 atom stereocenters. The molecule has 0 aromatic heterocycles. The molecule has 3 nitrogen and oxygen atoms in total. The van der Waals surface area contributed by atoms with Crippen molar-refractivity contribution in [2.24, 2.45) is 5.92 Å². The smallest absolute Gasteiger partial charge is 0.407 e. The van der Waals surface area contributed by atoms with Gasteiger partial charge in [-0.15, -0.1) is 0 Å². The molecule has 0 spiro atoms. The van der Waals surface area contributed by atoms with Crippen LogP contribution in [0.5, 0.6) is 0 Å². The van der Waals surface area contributed by atoms with Crippen molar-refractivity contribution in [2.75, 3.05) is 0 Å². The van der Waals surface area contributed by atoms with Crippen LogP contribution in [0.15, 0.2) is 42.5 Å². The van der Waals surface area contributed by atoms with Gasteiger partial charge in [0, 0.05) is 6.42 Å². The molecule has 1 heterocycles. The topological polar surface area (TPSA) is 38.3 Å². The molecule has 1 saturated heterocycles. The Kier molecular flexibility index (Phi) is 4.25. The molecule has 19 heavy (non-hydrogen) atoms. The highest BCUT2D eigenvalue weighted by Gasteiger charge is 2.34. The van der Waals surface area contributed by atoms with Gasteiger partial charge in [-0.2, -0.15) is 0 Å². The highest BCUT2D eigenvalue weighted by molar-refractivity contribution is 5.70. The number of hydrogen-bond donors (Lipinski definition) is 1. The molecule has 1 N–H and O–H groups in total. The summed E-state index contributed by atoms with van der Waals surface area (Å²) in [6, 6.07) is 10.2. The van der Waals surface area contributed by atoms with Gasteiger partial charge in [0.1, 0.15) is 6.10 Å². The Labute approximate surface area is 114 Å². The van der Waals surface area contributed by atoms with E-state index in [4.69, 9.17) is 4.74 Å². The van der Waals surface area contributed by atoms with Gasteiger partial charge < -0.3 is 10.1 Å². The number of hydrogen-bond acceptors (Lipinski definition) is 2. The van der Waals surface area contributed by atoms with E-state index in [0.717, 1.165) is 18.4 Å². The lowest BCUT2D eigenvalue weighted by Crippen LogP contribution is -2.34. The summed E-state index contributed by atoms with van der Waals surface area (Å²) in [6.45, 7) is 8.28. The van der Waals surface area contributed by atoms with Crippen molar-refractivity contribution in [1.82, 2.24) is 5.32 Å². The van der Waals surface area contributed by atoms with Gasteiger partial charge in [0.25, 0.3) is 0 Å². The molecule has 1 fully saturated rings. The minimum Gasteiger partial charge on any atom is -0.444 e. The summed E-state index contributed by atoms with van der Waals surface area (Å²) in [5.41, 5.74) is 2.33. The molecule has 1 amide bonds. The van der Waals surface area contributed by atoms with Gasteiger partial charge in [-0.3, -0.25) is 0 Å². The maximum Gasteiger partial charge on any atom is 0.407 e. The van der Waals surface area contributed by atoms with Crippen LogP contribution in [0.3, 0.4) is 0 Å². The van der Waals surface area contributed by atoms with Crippen LogP contribution in [0.2, 0.25) is 0 Å². The third kappa shape index (κ3) is 3.60. The zero-order valence-corrected chi connectivity index (χ0v) is 11.6. The third-order valence-electron chi connectivity index (χ3n) is 3.59. The largest absolute Gasteiger partial charge is 0.444 e. The summed E-state index contributed by atoms with van der Waals surface area (Å²) in [7, 11) is 0. The molecule has 0 aliphatic carbocycles.